The van der Waals surface area contributed by atoms with Crippen LogP contribution in [0.25, 0.3) is 0 Å². The summed E-state index contributed by atoms with van der Waals surface area (Å²) in [6.45, 7) is 11.9. The SMILES string of the molecule is CC(C[C@@H](C)Cc1ccc(O)c(NC(=O)CCCNC(=O)OCc2ccccc2)c1)C(C)(C)C. The normalized spacial score (nSPS) is 13.1. The minimum atomic E-state index is -0.510. The molecule has 0 saturated heterocycles. The fraction of sp³-hybridized carbons (Fsp3) is 0.500. The molecule has 0 fully saturated rings. The van der Waals surface area contributed by atoms with E-state index in [4.69, 9.17) is 4.74 Å². The van der Waals surface area contributed by atoms with Gasteiger partial charge in [0.2, 0.25) is 5.91 Å². The highest BCUT2D eigenvalue weighted by Crippen LogP contribution is 2.32. The van der Waals surface area contributed by atoms with Gasteiger partial charge >= 0.3 is 6.09 Å². The molecule has 2 aromatic rings. The standard InChI is InChI=1S/C28H40N2O4/c1-20(16-21(2)28(3,4)5)17-23-13-14-25(31)24(18-23)30-26(32)12-9-15-29-27(33)34-19-22-10-7-6-8-11-22/h6-8,10-11,13-14,18,20-21,31H,9,12,15-17,19H2,1-5H3,(H,29,33)(H,30,32)/t20-,21?/m1/s1. The van der Waals surface area contributed by atoms with Gasteiger partial charge < -0.3 is 20.5 Å². The summed E-state index contributed by atoms with van der Waals surface area (Å²) in [7, 11) is 0. The topological polar surface area (TPSA) is 87.7 Å². The van der Waals surface area contributed by atoms with Gasteiger partial charge in [-0.2, -0.15) is 0 Å². The van der Waals surface area contributed by atoms with Gasteiger partial charge in [-0.05, 0) is 59.8 Å². The molecule has 6 nitrogen and oxygen atoms in total. The lowest BCUT2D eigenvalue weighted by Gasteiger charge is -2.29. The molecule has 0 aliphatic rings. The molecule has 0 aliphatic heterocycles. The van der Waals surface area contributed by atoms with Crippen LogP contribution in [0, 0.1) is 17.3 Å². The first-order valence-electron chi connectivity index (χ1n) is 12.1. The van der Waals surface area contributed by atoms with Gasteiger partial charge in [-0.25, -0.2) is 4.79 Å². The number of carbonyl (C=O) groups is 2. The molecule has 34 heavy (non-hydrogen) atoms. The molecule has 0 spiro atoms. The van der Waals surface area contributed by atoms with Gasteiger partial charge in [0.15, 0.2) is 0 Å². The molecule has 186 valence electrons. The van der Waals surface area contributed by atoms with Crippen molar-refractivity contribution in [3.8, 4) is 5.75 Å². The van der Waals surface area contributed by atoms with E-state index in [-0.39, 0.29) is 30.1 Å². The molecule has 2 aromatic carbocycles. The monoisotopic (exact) mass is 468 g/mol. The maximum Gasteiger partial charge on any atom is 0.407 e. The third-order valence-electron chi connectivity index (χ3n) is 6.22. The number of phenolic OH excluding ortho intramolecular Hbond substituents is 1. The molecule has 0 bridgehead atoms. The van der Waals surface area contributed by atoms with E-state index in [2.05, 4.69) is 45.3 Å². The molecular formula is C28H40N2O4. The third kappa shape index (κ3) is 9.86. The largest absolute Gasteiger partial charge is 0.506 e. The highest BCUT2D eigenvalue weighted by atomic mass is 16.5. The second-order valence-corrected chi connectivity index (χ2v) is 10.3. The van der Waals surface area contributed by atoms with Crippen molar-refractivity contribution in [1.82, 2.24) is 5.32 Å². The number of nitrogens with one attached hydrogen (secondary N) is 2. The van der Waals surface area contributed by atoms with Crippen LogP contribution in [0.2, 0.25) is 0 Å². The minimum Gasteiger partial charge on any atom is -0.506 e. The highest BCUT2D eigenvalue weighted by Gasteiger charge is 2.22. The Labute approximate surface area is 204 Å². The molecule has 3 N–H and O–H groups in total. The van der Waals surface area contributed by atoms with E-state index in [9.17, 15) is 14.7 Å². The quantitative estimate of drug-likeness (QED) is 0.267. The van der Waals surface area contributed by atoms with Gasteiger partial charge in [-0.1, -0.05) is 71.0 Å². The zero-order chi connectivity index (χ0) is 25.1. The minimum absolute atomic E-state index is 0.0513. The van der Waals surface area contributed by atoms with Gasteiger partial charge in [0.05, 0.1) is 5.69 Å². The third-order valence-corrected chi connectivity index (χ3v) is 6.22. The van der Waals surface area contributed by atoms with Crippen LogP contribution in [0.4, 0.5) is 10.5 Å². The van der Waals surface area contributed by atoms with E-state index in [1.807, 2.05) is 42.5 Å². The molecule has 0 heterocycles. The first-order valence-corrected chi connectivity index (χ1v) is 12.1. The maximum atomic E-state index is 12.3. The van der Waals surface area contributed by atoms with E-state index in [0.29, 0.717) is 30.5 Å². The van der Waals surface area contributed by atoms with Crippen LogP contribution < -0.4 is 10.6 Å². The smallest absolute Gasteiger partial charge is 0.407 e. The molecule has 0 radical (unpaired) electrons. The Morgan fingerprint density at radius 3 is 2.41 bits per heavy atom. The number of hydrogen-bond donors (Lipinski definition) is 3. The predicted molar refractivity (Wildman–Crippen MR) is 137 cm³/mol. The number of benzene rings is 2. The number of ether oxygens (including phenoxy) is 1. The van der Waals surface area contributed by atoms with E-state index in [1.54, 1.807) is 6.07 Å². The Balaban J connectivity index is 1.74. The second kappa shape index (κ2) is 13.0. The first kappa shape index (κ1) is 27.2. The summed E-state index contributed by atoms with van der Waals surface area (Å²) in [6.07, 6.45) is 2.19. The lowest BCUT2D eigenvalue weighted by molar-refractivity contribution is -0.116. The molecular weight excluding hydrogens is 428 g/mol. The van der Waals surface area contributed by atoms with Crippen molar-refractivity contribution in [3.63, 3.8) is 0 Å². The van der Waals surface area contributed by atoms with Crippen molar-refractivity contribution in [2.45, 2.75) is 66.9 Å². The Morgan fingerprint density at radius 2 is 1.74 bits per heavy atom. The maximum absolute atomic E-state index is 12.3. The van der Waals surface area contributed by atoms with E-state index in [1.165, 1.54) is 0 Å². The van der Waals surface area contributed by atoms with Gasteiger partial charge in [-0.3, -0.25) is 4.79 Å². The molecule has 0 aromatic heterocycles. The zero-order valence-corrected chi connectivity index (χ0v) is 21.2. The average Bonchev–Trinajstić information content (AvgIpc) is 2.77. The summed E-state index contributed by atoms with van der Waals surface area (Å²) in [5.41, 5.74) is 2.70. The number of carbonyl (C=O) groups excluding carboxylic acids is 2. The zero-order valence-electron chi connectivity index (χ0n) is 21.2. The van der Waals surface area contributed by atoms with Crippen LogP contribution in [-0.4, -0.2) is 23.7 Å². The van der Waals surface area contributed by atoms with Crippen LogP contribution in [0.5, 0.6) is 5.75 Å². The molecule has 2 atom stereocenters. The fourth-order valence-corrected chi connectivity index (χ4v) is 3.68. The summed E-state index contributed by atoms with van der Waals surface area (Å²) in [5, 5.41) is 15.6. The number of amides is 2. The van der Waals surface area contributed by atoms with Crippen LogP contribution >= 0.6 is 0 Å². The number of alkyl carbamates (subject to hydrolysis) is 1. The number of phenols is 1. The Bertz CT molecular complexity index is 922. The molecule has 0 aliphatic carbocycles. The Morgan fingerprint density at radius 1 is 1.03 bits per heavy atom. The lowest BCUT2D eigenvalue weighted by atomic mass is 9.76. The summed E-state index contributed by atoms with van der Waals surface area (Å²) in [6, 6.07) is 14.8. The van der Waals surface area contributed by atoms with Crippen molar-refractivity contribution in [1.29, 1.82) is 0 Å². The first-order chi connectivity index (χ1) is 16.0. The fourth-order valence-electron chi connectivity index (χ4n) is 3.68. The average molecular weight is 469 g/mol. The Hall–Kier alpha value is -3.02. The number of hydrogen-bond acceptors (Lipinski definition) is 4. The summed E-state index contributed by atoms with van der Waals surface area (Å²) in [4.78, 5) is 24.1. The van der Waals surface area contributed by atoms with Crippen molar-refractivity contribution in [2.75, 3.05) is 11.9 Å². The second-order valence-electron chi connectivity index (χ2n) is 10.3. The molecule has 1 unspecified atom stereocenters. The van der Waals surface area contributed by atoms with Crippen LogP contribution in [0.3, 0.4) is 0 Å². The van der Waals surface area contributed by atoms with Crippen molar-refractivity contribution in [3.05, 3.63) is 59.7 Å². The van der Waals surface area contributed by atoms with Gasteiger partial charge in [0, 0.05) is 13.0 Å². The molecule has 0 saturated carbocycles. The summed E-state index contributed by atoms with van der Waals surface area (Å²) < 4.78 is 5.15. The van der Waals surface area contributed by atoms with E-state index < -0.39 is 6.09 Å². The van der Waals surface area contributed by atoms with Gasteiger partial charge in [-0.15, -0.1) is 0 Å². The van der Waals surface area contributed by atoms with Crippen LogP contribution in [0.15, 0.2) is 48.5 Å². The molecule has 2 amide bonds. The molecule has 2 rings (SSSR count). The molecule has 6 heteroatoms. The number of anilines is 1. The van der Waals surface area contributed by atoms with E-state index in [0.717, 1.165) is 24.0 Å². The van der Waals surface area contributed by atoms with Crippen molar-refractivity contribution in [2.24, 2.45) is 17.3 Å². The highest BCUT2D eigenvalue weighted by molar-refractivity contribution is 5.92. The van der Waals surface area contributed by atoms with Gasteiger partial charge in [0.25, 0.3) is 0 Å². The van der Waals surface area contributed by atoms with Crippen molar-refractivity contribution >= 4 is 17.7 Å². The predicted octanol–water partition coefficient (Wildman–Crippen LogP) is 6.29. The summed E-state index contributed by atoms with van der Waals surface area (Å²) in [5.74, 6) is 0.940. The van der Waals surface area contributed by atoms with Gasteiger partial charge in [0.1, 0.15) is 12.4 Å². The number of rotatable bonds is 11. The van der Waals surface area contributed by atoms with Crippen LogP contribution in [0.1, 0.15) is 65.0 Å². The lowest BCUT2D eigenvalue weighted by Crippen LogP contribution is -2.26. The number of aromatic hydroxyl groups is 1. The Kier molecular flexibility index (Phi) is 10.4. The summed E-state index contributed by atoms with van der Waals surface area (Å²) >= 11 is 0. The van der Waals surface area contributed by atoms with Crippen LogP contribution in [-0.2, 0) is 22.6 Å². The van der Waals surface area contributed by atoms with Crippen molar-refractivity contribution < 1.29 is 19.4 Å². The van der Waals surface area contributed by atoms with E-state index >= 15 is 0 Å².